The zero-order valence-electron chi connectivity index (χ0n) is 11.5. The average Bonchev–Trinajstić information content (AvgIpc) is 2.49. The molecule has 1 N–H and O–H groups in total. The molecular formula is C14H19N3O3. The summed E-state index contributed by atoms with van der Waals surface area (Å²) < 4.78 is 5.09. The molecule has 3 heterocycles. The van der Waals surface area contributed by atoms with E-state index >= 15 is 0 Å². The van der Waals surface area contributed by atoms with Gasteiger partial charge >= 0.3 is 6.09 Å². The van der Waals surface area contributed by atoms with E-state index < -0.39 is 5.60 Å². The molecule has 4 rings (SSSR count). The van der Waals surface area contributed by atoms with Gasteiger partial charge in [-0.15, -0.1) is 0 Å². The van der Waals surface area contributed by atoms with Crippen LogP contribution in [-0.2, 0) is 10.3 Å². The Balaban J connectivity index is 1.82. The van der Waals surface area contributed by atoms with Gasteiger partial charge in [-0.3, -0.25) is 9.97 Å². The Labute approximate surface area is 117 Å². The zero-order valence-corrected chi connectivity index (χ0v) is 11.5. The average molecular weight is 277 g/mol. The van der Waals surface area contributed by atoms with Crippen molar-refractivity contribution in [2.24, 2.45) is 5.92 Å². The molecule has 6 nitrogen and oxygen atoms in total. The van der Waals surface area contributed by atoms with Crippen LogP contribution in [-0.4, -0.2) is 45.3 Å². The Hall–Kier alpha value is -1.69. The molecule has 3 fully saturated rings. The van der Waals surface area contributed by atoms with Gasteiger partial charge in [0.05, 0.1) is 18.5 Å². The summed E-state index contributed by atoms with van der Waals surface area (Å²) in [6.45, 7) is 2.70. The normalized spacial score (nSPS) is 32.2. The third-order valence-corrected chi connectivity index (χ3v) is 4.44. The van der Waals surface area contributed by atoms with E-state index in [1.807, 2.05) is 0 Å². The van der Waals surface area contributed by atoms with Crippen LogP contribution in [0.2, 0.25) is 0 Å². The number of carbonyl (C=O) groups is 1. The fourth-order valence-corrected chi connectivity index (χ4v) is 3.42. The molecule has 20 heavy (non-hydrogen) atoms. The number of ether oxygens (including phenoxy) is 1. The Bertz CT molecular complexity index is 496. The molecule has 1 aliphatic carbocycles. The van der Waals surface area contributed by atoms with Crippen molar-refractivity contribution in [2.75, 3.05) is 13.2 Å². The van der Waals surface area contributed by atoms with E-state index in [2.05, 4.69) is 9.97 Å². The van der Waals surface area contributed by atoms with Crippen LogP contribution in [0.1, 0.15) is 31.9 Å². The van der Waals surface area contributed by atoms with Gasteiger partial charge in [-0.2, -0.15) is 0 Å². The minimum Gasteiger partial charge on any atom is -0.450 e. The number of aliphatic hydroxyl groups is 1. The molecule has 2 aliphatic heterocycles. The van der Waals surface area contributed by atoms with E-state index in [4.69, 9.17) is 4.74 Å². The van der Waals surface area contributed by atoms with Crippen LogP contribution in [0.5, 0.6) is 0 Å². The number of piperidine rings is 2. The van der Waals surface area contributed by atoms with Gasteiger partial charge in [0.1, 0.15) is 5.60 Å². The summed E-state index contributed by atoms with van der Waals surface area (Å²) in [5.74, 6) is -0.00592. The van der Waals surface area contributed by atoms with Crippen molar-refractivity contribution in [3.8, 4) is 0 Å². The maximum atomic E-state index is 11.9. The van der Waals surface area contributed by atoms with Crippen LogP contribution < -0.4 is 0 Å². The lowest BCUT2D eigenvalue weighted by Gasteiger charge is -2.52. The van der Waals surface area contributed by atoms with Gasteiger partial charge in [-0.25, -0.2) is 4.79 Å². The van der Waals surface area contributed by atoms with Crippen LogP contribution in [0.4, 0.5) is 4.79 Å². The van der Waals surface area contributed by atoms with Gasteiger partial charge in [-0.05, 0) is 19.8 Å². The van der Waals surface area contributed by atoms with E-state index in [0.29, 0.717) is 25.3 Å². The maximum Gasteiger partial charge on any atom is 0.410 e. The number of amides is 1. The number of hydrogen-bond acceptors (Lipinski definition) is 5. The van der Waals surface area contributed by atoms with Crippen molar-refractivity contribution in [3.63, 3.8) is 0 Å². The summed E-state index contributed by atoms with van der Waals surface area (Å²) in [5, 5.41) is 11.0. The first kappa shape index (κ1) is 13.3. The van der Waals surface area contributed by atoms with E-state index in [1.165, 1.54) is 0 Å². The molecule has 3 atom stereocenters. The van der Waals surface area contributed by atoms with Crippen molar-refractivity contribution in [3.05, 3.63) is 24.3 Å². The van der Waals surface area contributed by atoms with Crippen molar-refractivity contribution >= 4 is 6.09 Å². The van der Waals surface area contributed by atoms with Crippen molar-refractivity contribution in [2.45, 2.75) is 37.8 Å². The molecule has 1 aromatic rings. The number of nitrogens with zero attached hydrogens (tertiary/aromatic N) is 3. The molecule has 1 saturated carbocycles. The first-order valence-corrected chi connectivity index (χ1v) is 7.07. The first-order valence-electron chi connectivity index (χ1n) is 7.07. The summed E-state index contributed by atoms with van der Waals surface area (Å²) in [7, 11) is 0. The van der Waals surface area contributed by atoms with E-state index in [0.717, 1.165) is 12.8 Å². The third kappa shape index (κ3) is 2.04. The first-order chi connectivity index (χ1) is 9.65. The van der Waals surface area contributed by atoms with Gasteiger partial charge in [0.15, 0.2) is 0 Å². The molecule has 3 unspecified atom stereocenters. The highest BCUT2D eigenvalue weighted by Gasteiger charge is 2.52. The molecule has 2 bridgehead atoms. The van der Waals surface area contributed by atoms with Crippen molar-refractivity contribution in [1.29, 1.82) is 0 Å². The maximum absolute atomic E-state index is 11.9. The molecular weight excluding hydrogens is 258 g/mol. The minimum atomic E-state index is -0.972. The molecule has 6 heteroatoms. The standard InChI is InChI=1S/C14H19N3O3/c1-2-20-13(18)17-9-10-3-4-11(17)7-14(10,19)12-8-15-5-6-16-12/h5-6,8,10-11,19H,2-4,7,9H2,1H3. The van der Waals surface area contributed by atoms with Crippen LogP contribution in [0, 0.1) is 5.92 Å². The van der Waals surface area contributed by atoms with Crippen LogP contribution in [0.3, 0.4) is 0 Å². The van der Waals surface area contributed by atoms with Crippen molar-refractivity contribution in [1.82, 2.24) is 14.9 Å². The minimum absolute atomic E-state index is 0.00592. The van der Waals surface area contributed by atoms with Gasteiger partial charge in [0.25, 0.3) is 0 Å². The predicted molar refractivity (Wildman–Crippen MR) is 70.8 cm³/mol. The van der Waals surface area contributed by atoms with Crippen LogP contribution in [0.25, 0.3) is 0 Å². The van der Waals surface area contributed by atoms with Gasteiger partial charge < -0.3 is 14.7 Å². The summed E-state index contributed by atoms with van der Waals surface area (Å²) in [6, 6.07) is 0.0195. The highest BCUT2D eigenvalue weighted by atomic mass is 16.6. The predicted octanol–water partition coefficient (Wildman–Crippen LogP) is 1.30. The molecule has 108 valence electrons. The molecule has 2 saturated heterocycles. The SMILES string of the molecule is CCOC(=O)N1CC2CCC1CC2(O)c1cnccn1. The molecule has 0 radical (unpaired) electrons. The van der Waals surface area contributed by atoms with Gasteiger partial charge in [0, 0.05) is 37.3 Å². The fraction of sp³-hybridized carbons (Fsp3) is 0.643. The second-order valence-electron chi connectivity index (χ2n) is 5.50. The number of fused-ring (bicyclic) bond motifs is 3. The molecule has 0 spiro atoms. The Morgan fingerprint density at radius 1 is 1.55 bits per heavy atom. The smallest absolute Gasteiger partial charge is 0.410 e. The lowest BCUT2D eigenvalue weighted by atomic mass is 9.67. The van der Waals surface area contributed by atoms with Gasteiger partial charge in [-0.1, -0.05) is 0 Å². The van der Waals surface area contributed by atoms with Gasteiger partial charge in [0.2, 0.25) is 0 Å². The second kappa shape index (κ2) is 5.01. The number of hydrogen-bond donors (Lipinski definition) is 1. The zero-order chi connectivity index (χ0) is 14.2. The highest BCUT2D eigenvalue weighted by molar-refractivity contribution is 5.68. The van der Waals surface area contributed by atoms with E-state index in [9.17, 15) is 9.90 Å². The Morgan fingerprint density at radius 2 is 2.40 bits per heavy atom. The van der Waals surface area contributed by atoms with Crippen LogP contribution in [0.15, 0.2) is 18.6 Å². The summed E-state index contributed by atoms with van der Waals surface area (Å²) >= 11 is 0. The molecule has 3 aliphatic rings. The molecule has 1 aromatic heterocycles. The molecule has 0 aromatic carbocycles. The summed E-state index contributed by atoms with van der Waals surface area (Å²) in [5.41, 5.74) is -0.363. The lowest BCUT2D eigenvalue weighted by Crippen LogP contribution is -2.60. The number of aromatic nitrogens is 2. The Kier molecular flexibility index (Phi) is 3.33. The summed E-state index contributed by atoms with van der Waals surface area (Å²) in [4.78, 5) is 22.0. The quantitative estimate of drug-likeness (QED) is 0.882. The third-order valence-electron chi connectivity index (χ3n) is 4.44. The Morgan fingerprint density at radius 3 is 3.00 bits per heavy atom. The second-order valence-corrected chi connectivity index (χ2v) is 5.50. The fourth-order valence-electron chi connectivity index (χ4n) is 3.42. The number of rotatable bonds is 2. The van der Waals surface area contributed by atoms with Crippen LogP contribution >= 0.6 is 0 Å². The van der Waals surface area contributed by atoms with E-state index in [-0.39, 0.29) is 18.1 Å². The topological polar surface area (TPSA) is 75.5 Å². The largest absolute Gasteiger partial charge is 0.450 e. The monoisotopic (exact) mass is 277 g/mol. The molecule has 1 amide bonds. The lowest BCUT2D eigenvalue weighted by molar-refractivity contribution is -0.128. The van der Waals surface area contributed by atoms with Crippen molar-refractivity contribution < 1.29 is 14.6 Å². The van der Waals surface area contributed by atoms with E-state index in [1.54, 1.807) is 30.4 Å². The number of carbonyl (C=O) groups excluding carboxylic acids is 1. The highest BCUT2D eigenvalue weighted by Crippen LogP contribution is 2.47. The summed E-state index contributed by atoms with van der Waals surface area (Å²) in [6.07, 6.45) is 6.85.